The number of carbonyl (C=O) groups excluding carboxylic acids is 1. The molecule has 7 nitrogen and oxygen atoms in total. The molecular weight excluding hydrogens is 352 g/mol. The van der Waals surface area contributed by atoms with E-state index in [1.54, 1.807) is 24.4 Å². The molecule has 3 heterocycles. The molecule has 1 fully saturated rings. The number of benzene rings is 1. The molecular formula is C21H22N6O. The van der Waals surface area contributed by atoms with Crippen LogP contribution in [0.3, 0.4) is 0 Å². The summed E-state index contributed by atoms with van der Waals surface area (Å²) in [5.41, 5.74) is 1.98. The van der Waals surface area contributed by atoms with Crippen molar-refractivity contribution >= 4 is 28.9 Å². The maximum atomic E-state index is 12.2. The van der Waals surface area contributed by atoms with Gasteiger partial charge in [0, 0.05) is 36.7 Å². The van der Waals surface area contributed by atoms with Crippen molar-refractivity contribution in [1.82, 2.24) is 15.0 Å². The van der Waals surface area contributed by atoms with Gasteiger partial charge in [-0.1, -0.05) is 6.07 Å². The number of hydrogen-bond acceptors (Lipinski definition) is 6. The highest BCUT2D eigenvalue weighted by Gasteiger charge is 2.15. The number of anilines is 4. The summed E-state index contributed by atoms with van der Waals surface area (Å²) in [7, 11) is 0. The van der Waals surface area contributed by atoms with Gasteiger partial charge < -0.3 is 15.5 Å². The van der Waals surface area contributed by atoms with E-state index >= 15 is 0 Å². The largest absolute Gasteiger partial charge is 0.356 e. The van der Waals surface area contributed by atoms with Crippen LogP contribution in [-0.4, -0.2) is 33.9 Å². The van der Waals surface area contributed by atoms with Crippen LogP contribution in [0.1, 0.15) is 29.2 Å². The molecule has 7 heteroatoms. The molecule has 0 spiro atoms. The van der Waals surface area contributed by atoms with Crippen molar-refractivity contribution in [3.63, 3.8) is 0 Å². The van der Waals surface area contributed by atoms with Gasteiger partial charge in [-0.3, -0.25) is 9.78 Å². The average Bonchev–Trinajstić information content (AvgIpc) is 3.25. The molecule has 1 saturated heterocycles. The van der Waals surface area contributed by atoms with E-state index in [4.69, 9.17) is 0 Å². The second-order valence-corrected chi connectivity index (χ2v) is 6.72. The van der Waals surface area contributed by atoms with Crippen molar-refractivity contribution in [1.29, 1.82) is 0 Å². The van der Waals surface area contributed by atoms with Gasteiger partial charge in [-0.25, -0.2) is 9.97 Å². The number of carbonyl (C=O) groups is 1. The number of hydrogen-bond donors (Lipinski definition) is 2. The van der Waals surface area contributed by atoms with Crippen molar-refractivity contribution in [2.75, 3.05) is 28.6 Å². The Bertz CT molecular complexity index is 952. The Morgan fingerprint density at radius 2 is 1.75 bits per heavy atom. The summed E-state index contributed by atoms with van der Waals surface area (Å²) in [5.74, 6) is 2.24. The summed E-state index contributed by atoms with van der Waals surface area (Å²) in [4.78, 5) is 27.6. The number of rotatable bonds is 5. The van der Waals surface area contributed by atoms with Crippen LogP contribution in [0.4, 0.5) is 23.0 Å². The molecule has 1 aliphatic heterocycles. The van der Waals surface area contributed by atoms with Crippen LogP contribution < -0.4 is 15.5 Å². The molecule has 2 N–H and O–H groups in total. The van der Waals surface area contributed by atoms with Crippen LogP contribution in [0.2, 0.25) is 0 Å². The van der Waals surface area contributed by atoms with E-state index in [0.29, 0.717) is 11.4 Å². The first-order valence-corrected chi connectivity index (χ1v) is 9.37. The molecule has 0 bridgehead atoms. The van der Waals surface area contributed by atoms with E-state index in [0.717, 1.165) is 36.2 Å². The Kier molecular flexibility index (Phi) is 5.14. The minimum Gasteiger partial charge on any atom is -0.356 e. The van der Waals surface area contributed by atoms with Gasteiger partial charge in [0.2, 0.25) is 0 Å². The van der Waals surface area contributed by atoms with Gasteiger partial charge in [-0.05, 0) is 56.2 Å². The Hall–Kier alpha value is -3.48. The molecule has 1 aromatic carbocycles. The fourth-order valence-electron chi connectivity index (χ4n) is 3.20. The molecule has 0 saturated carbocycles. The molecule has 3 aromatic rings. The van der Waals surface area contributed by atoms with Crippen LogP contribution >= 0.6 is 0 Å². The molecule has 0 atom stereocenters. The van der Waals surface area contributed by atoms with Gasteiger partial charge in [0.1, 0.15) is 23.2 Å². The Morgan fingerprint density at radius 1 is 1.00 bits per heavy atom. The Labute approximate surface area is 163 Å². The summed E-state index contributed by atoms with van der Waals surface area (Å²) < 4.78 is 0. The van der Waals surface area contributed by atoms with Crippen molar-refractivity contribution in [3.8, 4) is 0 Å². The first-order chi connectivity index (χ1) is 13.7. The van der Waals surface area contributed by atoms with E-state index in [1.165, 1.54) is 12.8 Å². The van der Waals surface area contributed by atoms with Gasteiger partial charge in [-0.2, -0.15) is 0 Å². The predicted octanol–water partition coefficient (Wildman–Crippen LogP) is 3.78. The maximum Gasteiger partial charge on any atom is 0.274 e. The van der Waals surface area contributed by atoms with Gasteiger partial charge in [-0.15, -0.1) is 0 Å². The van der Waals surface area contributed by atoms with Crippen molar-refractivity contribution in [3.05, 3.63) is 66.2 Å². The standard InChI is InChI=1S/C21H22N6O/c1-15-23-19(14-20(24-15)27-12-4-5-13-27)25-16-7-9-17(10-8-16)26-21(28)18-6-2-3-11-22-18/h2-3,6-11,14H,4-5,12-13H2,1H3,(H,26,28)(H,23,24,25). The second-order valence-electron chi connectivity index (χ2n) is 6.72. The van der Waals surface area contributed by atoms with Crippen LogP contribution in [0, 0.1) is 6.92 Å². The van der Waals surface area contributed by atoms with E-state index < -0.39 is 0 Å². The highest BCUT2D eigenvalue weighted by Crippen LogP contribution is 2.23. The minimum absolute atomic E-state index is 0.233. The number of aromatic nitrogens is 3. The molecule has 2 aromatic heterocycles. The lowest BCUT2D eigenvalue weighted by atomic mass is 10.2. The number of pyridine rings is 1. The lowest BCUT2D eigenvalue weighted by molar-refractivity contribution is 0.102. The number of aryl methyl sites for hydroxylation is 1. The highest BCUT2D eigenvalue weighted by molar-refractivity contribution is 6.02. The van der Waals surface area contributed by atoms with E-state index in [1.807, 2.05) is 37.3 Å². The summed E-state index contributed by atoms with van der Waals surface area (Å²) in [6, 6.07) is 14.7. The minimum atomic E-state index is -0.233. The topological polar surface area (TPSA) is 83.0 Å². The summed E-state index contributed by atoms with van der Waals surface area (Å²) >= 11 is 0. The first kappa shape index (κ1) is 17.9. The zero-order valence-corrected chi connectivity index (χ0v) is 15.7. The maximum absolute atomic E-state index is 12.2. The van der Waals surface area contributed by atoms with Gasteiger partial charge in [0.05, 0.1) is 0 Å². The smallest absolute Gasteiger partial charge is 0.274 e. The lowest BCUT2D eigenvalue weighted by Crippen LogP contribution is -2.19. The normalized spacial score (nSPS) is 13.4. The van der Waals surface area contributed by atoms with Gasteiger partial charge in [0.25, 0.3) is 5.91 Å². The third kappa shape index (κ3) is 4.25. The van der Waals surface area contributed by atoms with E-state index in [2.05, 4.69) is 30.5 Å². The van der Waals surface area contributed by atoms with E-state index in [9.17, 15) is 4.79 Å². The number of nitrogens with zero attached hydrogens (tertiary/aromatic N) is 4. The predicted molar refractivity (Wildman–Crippen MR) is 110 cm³/mol. The van der Waals surface area contributed by atoms with Gasteiger partial charge >= 0.3 is 0 Å². The third-order valence-electron chi connectivity index (χ3n) is 4.57. The summed E-state index contributed by atoms with van der Waals surface area (Å²) in [5, 5.41) is 6.16. The average molecular weight is 374 g/mol. The quantitative estimate of drug-likeness (QED) is 0.707. The van der Waals surface area contributed by atoms with Crippen LogP contribution in [0.5, 0.6) is 0 Å². The highest BCUT2D eigenvalue weighted by atomic mass is 16.1. The molecule has 142 valence electrons. The summed E-state index contributed by atoms with van der Waals surface area (Å²) in [6.45, 7) is 3.99. The molecule has 0 radical (unpaired) electrons. The zero-order valence-electron chi connectivity index (χ0n) is 15.7. The molecule has 0 aliphatic carbocycles. The lowest BCUT2D eigenvalue weighted by Gasteiger charge is -2.18. The van der Waals surface area contributed by atoms with Crippen LogP contribution in [0.15, 0.2) is 54.7 Å². The Morgan fingerprint density at radius 3 is 2.46 bits per heavy atom. The number of nitrogens with one attached hydrogen (secondary N) is 2. The number of amides is 1. The molecule has 4 rings (SSSR count). The molecule has 1 aliphatic rings. The van der Waals surface area contributed by atoms with Gasteiger partial charge in [0.15, 0.2) is 0 Å². The monoisotopic (exact) mass is 374 g/mol. The Balaban J connectivity index is 1.44. The third-order valence-corrected chi connectivity index (χ3v) is 4.57. The fraction of sp³-hybridized carbons (Fsp3) is 0.238. The van der Waals surface area contributed by atoms with Crippen LogP contribution in [-0.2, 0) is 0 Å². The van der Waals surface area contributed by atoms with Crippen molar-refractivity contribution < 1.29 is 4.79 Å². The molecule has 28 heavy (non-hydrogen) atoms. The van der Waals surface area contributed by atoms with E-state index in [-0.39, 0.29) is 5.91 Å². The van der Waals surface area contributed by atoms with Crippen molar-refractivity contribution in [2.45, 2.75) is 19.8 Å². The summed E-state index contributed by atoms with van der Waals surface area (Å²) in [6.07, 6.45) is 4.01. The first-order valence-electron chi connectivity index (χ1n) is 9.37. The fourth-order valence-corrected chi connectivity index (χ4v) is 3.20. The van der Waals surface area contributed by atoms with Crippen molar-refractivity contribution in [2.24, 2.45) is 0 Å². The zero-order chi connectivity index (χ0) is 19.3. The second kappa shape index (κ2) is 8.04. The SMILES string of the molecule is Cc1nc(Nc2ccc(NC(=O)c3ccccn3)cc2)cc(N2CCCC2)n1. The molecule has 1 amide bonds. The van der Waals surface area contributed by atoms with Crippen LogP contribution in [0.25, 0.3) is 0 Å². The molecule has 0 unspecified atom stereocenters.